The summed E-state index contributed by atoms with van der Waals surface area (Å²) in [5.41, 5.74) is 1.86. The van der Waals surface area contributed by atoms with E-state index in [1.54, 1.807) is 18.3 Å². The molecular weight excluding hydrogens is 239 g/mol. The highest BCUT2D eigenvalue weighted by Crippen LogP contribution is 2.16. The van der Waals surface area contributed by atoms with Crippen molar-refractivity contribution in [3.05, 3.63) is 59.1 Å². The lowest BCUT2D eigenvalue weighted by Crippen LogP contribution is -2.16. The van der Waals surface area contributed by atoms with Gasteiger partial charge in [0, 0.05) is 25.5 Å². The first-order chi connectivity index (χ1) is 8.15. The Labute approximate surface area is 105 Å². The van der Waals surface area contributed by atoms with Gasteiger partial charge in [-0.1, -0.05) is 23.7 Å². The average molecular weight is 251 g/mol. The van der Waals surface area contributed by atoms with Crippen LogP contribution in [0.2, 0.25) is 5.15 Å². The van der Waals surface area contributed by atoms with Crippen LogP contribution >= 0.6 is 11.6 Å². The van der Waals surface area contributed by atoms with Crippen LogP contribution in [0.25, 0.3) is 0 Å². The molecule has 2 nitrogen and oxygen atoms in total. The van der Waals surface area contributed by atoms with E-state index >= 15 is 0 Å². The molecule has 0 aliphatic heterocycles. The number of anilines is 1. The molecule has 2 aromatic rings. The molecule has 0 saturated heterocycles. The van der Waals surface area contributed by atoms with E-state index in [1.807, 2.05) is 24.1 Å². The third kappa shape index (κ3) is 3.17. The van der Waals surface area contributed by atoms with Gasteiger partial charge in [0.1, 0.15) is 11.0 Å². The molecular formula is C13H12ClFN2. The van der Waals surface area contributed by atoms with Gasteiger partial charge >= 0.3 is 0 Å². The molecule has 0 aliphatic carbocycles. The van der Waals surface area contributed by atoms with E-state index in [9.17, 15) is 4.39 Å². The largest absolute Gasteiger partial charge is 0.370 e. The van der Waals surface area contributed by atoms with E-state index in [1.165, 1.54) is 12.1 Å². The van der Waals surface area contributed by atoms with Gasteiger partial charge in [0.25, 0.3) is 0 Å². The van der Waals surface area contributed by atoms with E-state index in [4.69, 9.17) is 11.6 Å². The molecule has 4 heteroatoms. The Bertz CT molecular complexity index is 499. The summed E-state index contributed by atoms with van der Waals surface area (Å²) in [6.07, 6.45) is 1.72. The van der Waals surface area contributed by atoms with E-state index in [0.29, 0.717) is 11.7 Å². The van der Waals surface area contributed by atoms with Gasteiger partial charge < -0.3 is 4.90 Å². The normalized spacial score (nSPS) is 10.3. The van der Waals surface area contributed by atoms with Gasteiger partial charge in [0.15, 0.2) is 0 Å². The minimum atomic E-state index is -0.233. The van der Waals surface area contributed by atoms with Crippen molar-refractivity contribution in [1.82, 2.24) is 4.98 Å². The predicted octanol–water partition coefficient (Wildman–Crippen LogP) is 3.51. The highest BCUT2D eigenvalue weighted by molar-refractivity contribution is 6.29. The summed E-state index contributed by atoms with van der Waals surface area (Å²) in [6.45, 7) is 0.660. The van der Waals surface area contributed by atoms with Crippen molar-refractivity contribution in [2.75, 3.05) is 11.9 Å². The van der Waals surface area contributed by atoms with Gasteiger partial charge in [-0.05, 0) is 29.8 Å². The lowest BCUT2D eigenvalue weighted by Gasteiger charge is -2.19. The second-order valence-electron chi connectivity index (χ2n) is 3.83. The number of pyridine rings is 1. The molecule has 0 bridgehead atoms. The molecule has 0 unspecified atom stereocenters. The predicted molar refractivity (Wildman–Crippen MR) is 67.8 cm³/mol. The van der Waals surface area contributed by atoms with Crippen molar-refractivity contribution >= 4 is 17.3 Å². The van der Waals surface area contributed by atoms with Crippen LogP contribution in [0.3, 0.4) is 0 Å². The fraction of sp³-hybridized carbons (Fsp3) is 0.154. The van der Waals surface area contributed by atoms with Crippen LogP contribution < -0.4 is 4.90 Å². The van der Waals surface area contributed by atoms with Gasteiger partial charge in [0.2, 0.25) is 0 Å². The zero-order valence-electron chi connectivity index (χ0n) is 9.40. The minimum absolute atomic E-state index is 0.233. The maximum absolute atomic E-state index is 13.1. The first kappa shape index (κ1) is 11.9. The van der Waals surface area contributed by atoms with Crippen LogP contribution in [0, 0.1) is 5.82 Å². The van der Waals surface area contributed by atoms with Crippen LogP contribution in [0.15, 0.2) is 42.6 Å². The summed E-state index contributed by atoms with van der Waals surface area (Å²) >= 11 is 5.71. The third-order valence-electron chi connectivity index (χ3n) is 2.46. The Hall–Kier alpha value is -1.61. The molecule has 0 radical (unpaired) electrons. The standard InChI is InChI=1S/C13H12ClFN2/c1-17(12-4-2-3-11(15)7-12)9-10-5-6-13(14)16-8-10/h2-8H,9H2,1H3. The number of rotatable bonds is 3. The van der Waals surface area contributed by atoms with Crippen molar-refractivity contribution in [2.24, 2.45) is 0 Å². The van der Waals surface area contributed by atoms with Gasteiger partial charge in [-0.2, -0.15) is 0 Å². The van der Waals surface area contributed by atoms with Crippen molar-refractivity contribution in [3.63, 3.8) is 0 Å². The van der Waals surface area contributed by atoms with Crippen LogP contribution in [0.5, 0.6) is 0 Å². The number of benzene rings is 1. The molecule has 1 heterocycles. The maximum atomic E-state index is 13.1. The number of nitrogens with zero attached hydrogens (tertiary/aromatic N) is 2. The molecule has 0 saturated carbocycles. The van der Waals surface area contributed by atoms with Gasteiger partial charge in [-0.3, -0.25) is 0 Å². The molecule has 0 fully saturated rings. The number of hydrogen-bond acceptors (Lipinski definition) is 2. The highest BCUT2D eigenvalue weighted by atomic mass is 35.5. The quantitative estimate of drug-likeness (QED) is 0.775. The molecule has 0 atom stereocenters. The Kier molecular flexibility index (Phi) is 3.59. The Morgan fingerprint density at radius 3 is 2.76 bits per heavy atom. The Morgan fingerprint density at radius 2 is 2.12 bits per heavy atom. The maximum Gasteiger partial charge on any atom is 0.129 e. The molecule has 0 spiro atoms. The molecule has 1 aromatic heterocycles. The second kappa shape index (κ2) is 5.15. The van der Waals surface area contributed by atoms with Crippen LogP contribution in [0.1, 0.15) is 5.56 Å². The number of hydrogen-bond donors (Lipinski definition) is 0. The molecule has 17 heavy (non-hydrogen) atoms. The van der Waals surface area contributed by atoms with E-state index in [-0.39, 0.29) is 5.82 Å². The number of halogens is 2. The van der Waals surface area contributed by atoms with Gasteiger partial charge in [-0.15, -0.1) is 0 Å². The van der Waals surface area contributed by atoms with Crippen molar-refractivity contribution < 1.29 is 4.39 Å². The monoisotopic (exact) mass is 250 g/mol. The first-order valence-electron chi connectivity index (χ1n) is 5.22. The third-order valence-corrected chi connectivity index (χ3v) is 2.68. The topological polar surface area (TPSA) is 16.1 Å². The second-order valence-corrected chi connectivity index (χ2v) is 4.21. The summed E-state index contributed by atoms with van der Waals surface area (Å²) in [6, 6.07) is 10.2. The molecule has 88 valence electrons. The smallest absolute Gasteiger partial charge is 0.129 e. The Morgan fingerprint density at radius 1 is 1.29 bits per heavy atom. The van der Waals surface area contributed by atoms with Crippen LogP contribution in [-0.4, -0.2) is 12.0 Å². The lowest BCUT2D eigenvalue weighted by atomic mass is 10.2. The van der Waals surface area contributed by atoms with Crippen molar-refractivity contribution in [1.29, 1.82) is 0 Å². The van der Waals surface area contributed by atoms with Crippen LogP contribution in [-0.2, 0) is 6.54 Å². The summed E-state index contributed by atoms with van der Waals surface area (Å²) in [5.74, 6) is -0.233. The Balaban J connectivity index is 2.11. The zero-order valence-corrected chi connectivity index (χ0v) is 10.2. The summed E-state index contributed by atoms with van der Waals surface area (Å²) in [5, 5.41) is 0.474. The van der Waals surface area contributed by atoms with Gasteiger partial charge in [-0.25, -0.2) is 9.37 Å². The van der Waals surface area contributed by atoms with Crippen molar-refractivity contribution in [2.45, 2.75) is 6.54 Å². The number of aromatic nitrogens is 1. The van der Waals surface area contributed by atoms with E-state index < -0.39 is 0 Å². The molecule has 0 amide bonds. The van der Waals surface area contributed by atoms with Crippen LogP contribution in [0.4, 0.5) is 10.1 Å². The zero-order chi connectivity index (χ0) is 12.3. The molecule has 0 N–H and O–H groups in total. The molecule has 1 aromatic carbocycles. The fourth-order valence-electron chi connectivity index (χ4n) is 1.58. The van der Waals surface area contributed by atoms with E-state index in [2.05, 4.69) is 4.98 Å². The van der Waals surface area contributed by atoms with Gasteiger partial charge in [0.05, 0.1) is 0 Å². The van der Waals surface area contributed by atoms with Crippen molar-refractivity contribution in [3.8, 4) is 0 Å². The summed E-state index contributed by atoms with van der Waals surface area (Å²) < 4.78 is 13.1. The first-order valence-corrected chi connectivity index (χ1v) is 5.60. The average Bonchev–Trinajstić information content (AvgIpc) is 2.32. The highest BCUT2D eigenvalue weighted by Gasteiger charge is 2.03. The molecule has 2 rings (SSSR count). The fourth-order valence-corrected chi connectivity index (χ4v) is 1.69. The lowest BCUT2D eigenvalue weighted by molar-refractivity contribution is 0.627. The summed E-state index contributed by atoms with van der Waals surface area (Å²) in [7, 11) is 1.91. The summed E-state index contributed by atoms with van der Waals surface area (Å²) in [4.78, 5) is 5.96. The minimum Gasteiger partial charge on any atom is -0.370 e. The molecule has 0 aliphatic rings. The van der Waals surface area contributed by atoms with E-state index in [0.717, 1.165) is 11.3 Å². The SMILES string of the molecule is CN(Cc1ccc(Cl)nc1)c1cccc(F)c1.